The van der Waals surface area contributed by atoms with Gasteiger partial charge in [0.2, 0.25) is 0 Å². The molecule has 7 heteroatoms. The molecule has 3 fully saturated rings. The molecule has 4 rings (SSSR count). The summed E-state index contributed by atoms with van der Waals surface area (Å²) in [5.41, 5.74) is 0. The van der Waals surface area contributed by atoms with Gasteiger partial charge in [-0.1, -0.05) is 13.8 Å². The zero-order chi connectivity index (χ0) is 14.9. The lowest BCUT2D eigenvalue weighted by Crippen LogP contribution is -2.21. The van der Waals surface area contributed by atoms with E-state index in [-0.39, 0.29) is 5.16 Å². The summed E-state index contributed by atoms with van der Waals surface area (Å²) in [6, 6.07) is 0. The van der Waals surface area contributed by atoms with Crippen molar-refractivity contribution in [1.82, 2.24) is 14.8 Å². The normalized spacial score (nSPS) is 37.2. The fourth-order valence-electron chi connectivity index (χ4n) is 4.96. The average molecular weight is 310 g/mol. The highest BCUT2D eigenvalue weighted by Gasteiger charge is 2.66. The number of nitrogens with two attached hydrogens (primary N) is 1. The molecule has 0 radical (unpaired) electrons. The van der Waals surface area contributed by atoms with E-state index in [1.165, 1.54) is 19.3 Å². The third-order valence-corrected chi connectivity index (χ3v) is 6.39. The molecule has 1 heterocycles. The molecule has 2 bridgehead atoms. The van der Waals surface area contributed by atoms with Crippen molar-refractivity contribution < 1.29 is 8.42 Å². The molecule has 0 aliphatic heterocycles. The van der Waals surface area contributed by atoms with E-state index in [2.05, 4.69) is 24.0 Å². The van der Waals surface area contributed by atoms with Crippen LogP contribution in [0.25, 0.3) is 0 Å². The van der Waals surface area contributed by atoms with Crippen LogP contribution in [-0.4, -0.2) is 23.2 Å². The summed E-state index contributed by atoms with van der Waals surface area (Å²) in [5, 5.41) is 13.4. The second kappa shape index (κ2) is 4.29. The first-order chi connectivity index (χ1) is 9.88. The molecular formula is C14H22N4O2S. The molecule has 0 saturated heterocycles. The molecule has 3 saturated carbocycles. The van der Waals surface area contributed by atoms with Gasteiger partial charge in [-0.05, 0) is 48.9 Å². The first-order valence-electron chi connectivity index (χ1n) is 7.84. The van der Waals surface area contributed by atoms with E-state index in [1.807, 2.05) is 0 Å². The lowest BCUT2D eigenvalue weighted by atomic mass is 10.0. The molecule has 0 aromatic carbocycles. The summed E-state index contributed by atoms with van der Waals surface area (Å²) >= 11 is 0. The Hall–Kier alpha value is -0.950. The zero-order valence-corrected chi connectivity index (χ0v) is 13.3. The van der Waals surface area contributed by atoms with Crippen LogP contribution in [0.2, 0.25) is 0 Å². The van der Waals surface area contributed by atoms with Crippen LogP contribution in [0.1, 0.15) is 44.9 Å². The first-order valence-corrected chi connectivity index (χ1v) is 9.38. The smallest absolute Gasteiger partial charge is 0.273 e. The van der Waals surface area contributed by atoms with Crippen LogP contribution in [0, 0.1) is 29.6 Å². The second-order valence-electron chi connectivity index (χ2n) is 7.40. The summed E-state index contributed by atoms with van der Waals surface area (Å²) in [4.78, 5) is 0. The van der Waals surface area contributed by atoms with Crippen molar-refractivity contribution >= 4 is 10.0 Å². The average Bonchev–Trinajstić information content (AvgIpc) is 2.77. The van der Waals surface area contributed by atoms with E-state index in [0.717, 1.165) is 17.7 Å². The quantitative estimate of drug-likeness (QED) is 0.908. The monoisotopic (exact) mass is 310 g/mol. The molecule has 0 amide bonds. The highest BCUT2D eigenvalue weighted by Crippen LogP contribution is 2.72. The summed E-state index contributed by atoms with van der Waals surface area (Å²) in [7, 11) is -3.81. The fourth-order valence-corrected chi connectivity index (χ4v) is 5.59. The van der Waals surface area contributed by atoms with Gasteiger partial charge in [0.25, 0.3) is 15.2 Å². The van der Waals surface area contributed by atoms with Gasteiger partial charge in [0, 0.05) is 12.5 Å². The topological polar surface area (TPSA) is 90.9 Å². The maximum atomic E-state index is 11.7. The molecule has 3 aliphatic carbocycles. The molecule has 1 aromatic rings. The number of rotatable bonds is 4. The third-order valence-electron chi connectivity index (χ3n) is 5.58. The molecule has 116 valence electrons. The Balaban J connectivity index is 1.72. The van der Waals surface area contributed by atoms with Crippen LogP contribution in [0.5, 0.6) is 0 Å². The maximum Gasteiger partial charge on any atom is 0.273 e. The van der Waals surface area contributed by atoms with Crippen LogP contribution in [0.15, 0.2) is 5.16 Å². The summed E-state index contributed by atoms with van der Waals surface area (Å²) < 4.78 is 25.2. The van der Waals surface area contributed by atoms with Gasteiger partial charge in [-0.25, -0.2) is 13.6 Å². The molecule has 4 atom stereocenters. The minimum absolute atomic E-state index is 0.0662. The summed E-state index contributed by atoms with van der Waals surface area (Å²) in [6.45, 7) is 4.74. The number of sulfonamides is 1. The zero-order valence-electron chi connectivity index (χ0n) is 12.4. The molecular weight excluding hydrogens is 288 g/mol. The van der Waals surface area contributed by atoms with Gasteiger partial charge in [-0.15, -0.1) is 10.2 Å². The number of primary sulfonamides is 1. The summed E-state index contributed by atoms with van der Waals surface area (Å²) in [6.07, 6.45) is 4.04. The van der Waals surface area contributed by atoms with Gasteiger partial charge in [0.15, 0.2) is 0 Å². The number of hydrogen-bond donors (Lipinski definition) is 1. The highest BCUT2D eigenvalue weighted by atomic mass is 32.2. The largest absolute Gasteiger partial charge is 0.300 e. The molecule has 0 spiro atoms. The van der Waals surface area contributed by atoms with Crippen molar-refractivity contribution in [2.24, 2.45) is 34.7 Å². The SMILES string of the molecule is CC(C)Cn1c(C2C3C4CCC(C4)C23)nnc1S(N)(=O)=O. The van der Waals surface area contributed by atoms with Crippen molar-refractivity contribution in [1.29, 1.82) is 0 Å². The Kier molecular flexibility index (Phi) is 2.80. The second-order valence-corrected chi connectivity index (χ2v) is 8.86. The number of nitrogens with zero attached hydrogens (tertiary/aromatic N) is 3. The molecule has 21 heavy (non-hydrogen) atoms. The molecule has 4 unspecified atom stereocenters. The Morgan fingerprint density at radius 2 is 1.86 bits per heavy atom. The predicted octanol–water partition coefficient (Wildman–Crippen LogP) is 1.34. The van der Waals surface area contributed by atoms with Crippen LogP contribution in [-0.2, 0) is 16.6 Å². The maximum absolute atomic E-state index is 11.7. The Labute approximate surface area is 125 Å². The van der Waals surface area contributed by atoms with Gasteiger partial charge in [-0.3, -0.25) is 0 Å². The van der Waals surface area contributed by atoms with E-state index in [9.17, 15) is 8.42 Å². The molecule has 6 nitrogen and oxygen atoms in total. The van der Waals surface area contributed by atoms with Crippen LogP contribution >= 0.6 is 0 Å². The van der Waals surface area contributed by atoms with Crippen molar-refractivity contribution in [3.05, 3.63) is 5.82 Å². The van der Waals surface area contributed by atoms with Crippen LogP contribution < -0.4 is 5.14 Å². The van der Waals surface area contributed by atoms with E-state index in [4.69, 9.17) is 5.14 Å². The van der Waals surface area contributed by atoms with Crippen molar-refractivity contribution in [2.75, 3.05) is 0 Å². The van der Waals surface area contributed by atoms with Crippen molar-refractivity contribution in [3.8, 4) is 0 Å². The molecule has 3 aliphatic rings. The third kappa shape index (κ3) is 1.97. The van der Waals surface area contributed by atoms with E-state index in [0.29, 0.717) is 30.2 Å². The van der Waals surface area contributed by atoms with E-state index >= 15 is 0 Å². The van der Waals surface area contributed by atoms with Gasteiger partial charge < -0.3 is 4.57 Å². The van der Waals surface area contributed by atoms with Gasteiger partial charge in [0.1, 0.15) is 5.82 Å². The van der Waals surface area contributed by atoms with Crippen LogP contribution in [0.3, 0.4) is 0 Å². The van der Waals surface area contributed by atoms with E-state index < -0.39 is 10.0 Å². The lowest BCUT2D eigenvalue weighted by molar-refractivity contribution is 0.446. The van der Waals surface area contributed by atoms with Gasteiger partial charge in [0.05, 0.1) is 0 Å². The van der Waals surface area contributed by atoms with Gasteiger partial charge in [-0.2, -0.15) is 0 Å². The number of aromatic nitrogens is 3. The Morgan fingerprint density at radius 1 is 1.24 bits per heavy atom. The standard InChI is InChI=1S/C14H22N4O2S/c1-7(2)6-18-13(16-17-14(18)21(15,19)20)12-10-8-3-4-9(5-8)11(10)12/h7-12H,3-6H2,1-2H3,(H2,15,19,20). The number of hydrogen-bond acceptors (Lipinski definition) is 4. The lowest BCUT2D eigenvalue weighted by Gasteiger charge is -2.13. The molecule has 1 aromatic heterocycles. The van der Waals surface area contributed by atoms with Gasteiger partial charge >= 0.3 is 0 Å². The summed E-state index contributed by atoms with van der Waals surface area (Å²) in [5.74, 6) is 4.69. The first kappa shape index (κ1) is 13.7. The van der Waals surface area contributed by atoms with Crippen molar-refractivity contribution in [3.63, 3.8) is 0 Å². The number of fused-ring (bicyclic) bond motifs is 5. The minimum Gasteiger partial charge on any atom is -0.300 e. The predicted molar refractivity (Wildman–Crippen MR) is 76.8 cm³/mol. The Bertz CT molecular complexity index is 665. The molecule has 2 N–H and O–H groups in total. The highest BCUT2D eigenvalue weighted by molar-refractivity contribution is 7.89. The van der Waals surface area contributed by atoms with Crippen LogP contribution in [0.4, 0.5) is 0 Å². The minimum atomic E-state index is -3.81. The van der Waals surface area contributed by atoms with E-state index in [1.54, 1.807) is 4.57 Å². The Morgan fingerprint density at radius 3 is 2.38 bits per heavy atom. The fraction of sp³-hybridized carbons (Fsp3) is 0.857. The van der Waals surface area contributed by atoms with Crippen molar-refractivity contribution in [2.45, 2.75) is 50.7 Å².